The van der Waals surface area contributed by atoms with Gasteiger partial charge in [0.1, 0.15) is 5.82 Å². The highest BCUT2D eigenvalue weighted by Gasteiger charge is 2.07. The van der Waals surface area contributed by atoms with Gasteiger partial charge in [0.15, 0.2) is 0 Å². The summed E-state index contributed by atoms with van der Waals surface area (Å²) in [5.74, 6) is 0.695. The molecule has 0 unspecified atom stereocenters. The van der Waals surface area contributed by atoms with E-state index in [1.807, 2.05) is 37.3 Å². The molecular weight excluding hydrogens is 240 g/mol. The second kappa shape index (κ2) is 5.56. The zero-order chi connectivity index (χ0) is 13.8. The first kappa shape index (κ1) is 13.1. The maximum atomic E-state index is 11.8. The molecule has 2 rings (SSSR count). The van der Waals surface area contributed by atoms with E-state index in [-0.39, 0.29) is 5.91 Å². The van der Waals surface area contributed by atoms with E-state index in [1.54, 1.807) is 11.7 Å². The average Bonchev–Trinajstić information content (AvgIpc) is 2.65. The van der Waals surface area contributed by atoms with Gasteiger partial charge in [-0.25, -0.2) is 0 Å². The molecule has 1 aromatic carbocycles. The Morgan fingerprint density at radius 3 is 2.84 bits per heavy atom. The number of aryl methyl sites for hydroxylation is 3. The lowest BCUT2D eigenvalue weighted by molar-refractivity contribution is -0.116. The molecule has 1 heterocycles. The Bertz CT molecular complexity index is 589. The van der Waals surface area contributed by atoms with Gasteiger partial charge in [0.2, 0.25) is 5.91 Å². The highest BCUT2D eigenvalue weighted by molar-refractivity contribution is 5.90. The third-order valence-corrected chi connectivity index (χ3v) is 2.86. The van der Waals surface area contributed by atoms with Crippen molar-refractivity contribution in [2.24, 2.45) is 7.05 Å². The van der Waals surface area contributed by atoms with Gasteiger partial charge in [-0.2, -0.15) is 5.10 Å². The highest BCUT2D eigenvalue weighted by atomic mass is 16.1. The van der Waals surface area contributed by atoms with Crippen LogP contribution in [0.25, 0.3) is 0 Å². The number of hydrogen-bond acceptors (Lipinski definition) is 3. The predicted molar refractivity (Wildman–Crippen MR) is 75.8 cm³/mol. The van der Waals surface area contributed by atoms with E-state index < -0.39 is 0 Å². The summed E-state index contributed by atoms with van der Waals surface area (Å²) in [6.45, 7) is 1.89. The smallest absolute Gasteiger partial charge is 0.225 e. The van der Waals surface area contributed by atoms with E-state index in [0.717, 1.165) is 22.8 Å². The fraction of sp³-hybridized carbons (Fsp3) is 0.286. The number of hydrogen-bond donors (Lipinski definition) is 2. The fourth-order valence-electron chi connectivity index (χ4n) is 1.94. The van der Waals surface area contributed by atoms with Gasteiger partial charge in [-0.15, -0.1) is 0 Å². The molecule has 0 fully saturated rings. The lowest BCUT2D eigenvalue weighted by Crippen LogP contribution is -2.14. The molecular formula is C14H18N4O. The van der Waals surface area contributed by atoms with Gasteiger partial charge in [-0.05, 0) is 31.0 Å². The third kappa shape index (κ3) is 3.58. The summed E-state index contributed by atoms with van der Waals surface area (Å²) < 4.78 is 1.66. The standard InChI is InChI=1S/C14H18N4O/c1-10-8-13(18(2)17-10)16-14(19)7-6-11-4-3-5-12(15)9-11/h3-5,8-9H,6-7,15H2,1-2H3,(H,16,19). The molecule has 100 valence electrons. The van der Waals surface area contributed by atoms with E-state index in [4.69, 9.17) is 5.73 Å². The van der Waals surface area contributed by atoms with Crippen LogP contribution in [0.5, 0.6) is 0 Å². The highest BCUT2D eigenvalue weighted by Crippen LogP contribution is 2.11. The minimum Gasteiger partial charge on any atom is -0.399 e. The first-order valence-corrected chi connectivity index (χ1v) is 6.19. The molecule has 3 N–H and O–H groups in total. The van der Waals surface area contributed by atoms with Gasteiger partial charge in [-0.3, -0.25) is 9.48 Å². The van der Waals surface area contributed by atoms with Crippen molar-refractivity contribution in [1.82, 2.24) is 9.78 Å². The maximum absolute atomic E-state index is 11.8. The average molecular weight is 258 g/mol. The van der Waals surface area contributed by atoms with Crippen molar-refractivity contribution in [2.45, 2.75) is 19.8 Å². The molecule has 2 aromatic rings. The number of nitrogen functional groups attached to an aromatic ring is 1. The van der Waals surface area contributed by atoms with Gasteiger partial charge < -0.3 is 11.1 Å². The Balaban J connectivity index is 1.90. The number of aromatic nitrogens is 2. The minimum atomic E-state index is -0.0228. The molecule has 0 atom stereocenters. The first-order valence-electron chi connectivity index (χ1n) is 6.19. The Morgan fingerprint density at radius 1 is 1.42 bits per heavy atom. The molecule has 0 aliphatic heterocycles. The van der Waals surface area contributed by atoms with E-state index in [1.165, 1.54) is 0 Å². The minimum absolute atomic E-state index is 0.0228. The number of rotatable bonds is 4. The van der Waals surface area contributed by atoms with Gasteiger partial charge in [0.05, 0.1) is 5.69 Å². The van der Waals surface area contributed by atoms with Crippen LogP contribution in [-0.2, 0) is 18.3 Å². The molecule has 0 aliphatic rings. The summed E-state index contributed by atoms with van der Waals surface area (Å²) in [4.78, 5) is 11.8. The fourth-order valence-corrected chi connectivity index (χ4v) is 1.94. The molecule has 0 spiro atoms. The molecule has 5 heteroatoms. The second-order valence-electron chi connectivity index (χ2n) is 4.59. The number of carbonyl (C=O) groups excluding carboxylic acids is 1. The van der Waals surface area contributed by atoms with Crippen LogP contribution in [0.15, 0.2) is 30.3 Å². The number of benzene rings is 1. The van der Waals surface area contributed by atoms with Crippen molar-refractivity contribution < 1.29 is 4.79 Å². The molecule has 0 saturated carbocycles. The quantitative estimate of drug-likeness (QED) is 0.822. The molecule has 0 radical (unpaired) electrons. The van der Waals surface area contributed by atoms with Crippen LogP contribution in [0.1, 0.15) is 17.7 Å². The molecule has 0 aliphatic carbocycles. The normalized spacial score (nSPS) is 10.4. The van der Waals surface area contributed by atoms with Gasteiger partial charge >= 0.3 is 0 Å². The van der Waals surface area contributed by atoms with E-state index in [0.29, 0.717) is 12.8 Å². The predicted octanol–water partition coefficient (Wildman–Crippen LogP) is 1.88. The van der Waals surface area contributed by atoms with Crippen molar-refractivity contribution in [3.63, 3.8) is 0 Å². The molecule has 1 amide bonds. The van der Waals surface area contributed by atoms with Crippen molar-refractivity contribution >= 4 is 17.4 Å². The summed E-state index contributed by atoms with van der Waals surface area (Å²) in [5, 5.41) is 7.03. The van der Waals surface area contributed by atoms with Crippen LogP contribution in [0.3, 0.4) is 0 Å². The number of anilines is 2. The van der Waals surface area contributed by atoms with Gasteiger partial charge in [-0.1, -0.05) is 12.1 Å². The Labute approximate surface area is 112 Å². The summed E-state index contributed by atoms with van der Waals surface area (Å²) >= 11 is 0. The van der Waals surface area contributed by atoms with Crippen LogP contribution in [0.2, 0.25) is 0 Å². The molecule has 19 heavy (non-hydrogen) atoms. The van der Waals surface area contributed by atoms with Crippen LogP contribution >= 0.6 is 0 Å². The first-order chi connectivity index (χ1) is 9.04. The van der Waals surface area contributed by atoms with Crippen molar-refractivity contribution in [1.29, 1.82) is 0 Å². The SMILES string of the molecule is Cc1cc(NC(=O)CCc2cccc(N)c2)n(C)n1. The maximum Gasteiger partial charge on any atom is 0.225 e. The number of amides is 1. The molecule has 5 nitrogen and oxygen atoms in total. The van der Waals surface area contributed by atoms with Crippen molar-refractivity contribution in [3.8, 4) is 0 Å². The van der Waals surface area contributed by atoms with Crippen LogP contribution in [-0.4, -0.2) is 15.7 Å². The Kier molecular flexibility index (Phi) is 3.85. The van der Waals surface area contributed by atoms with Gasteiger partial charge in [0.25, 0.3) is 0 Å². The Hall–Kier alpha value is -2.30. The van der Waals surface area contributed by atoms with E-state index in [2.05, 4.69) is 10.4 Å². The van der Waals surface area contributed by atoms with Crippen molar-refractivity contribution in [3.05, 3.63) is 41.6 Å². The zero-order valence-corrected chi connectivity index (χ0v) is 11.2. The number of nitrogens with two attached hydrogens (primary N) is 1. The van der Waals surface area contributed by atoms with Crippen LogP contribution in [0.4, 0.5) is 11.5 Å². The van der Waals surface area contributed by atoms with Crippen molar-refractivity contribution in [2.75, 3.05) is 11.1 Å². The third-order valence-electron chi connectivity index (χ3n) is 2.86. The van der Waals surface area contributed by atoms with E-state index in [9.17, 15) is 4.79 Å². The molecule has 0 saturated heterocycles. The lowest BCUT2D eigenvalue weighted by atomic mass is 10.1. The summed E-state index contributed by atoms with van der Waals surface area (Å²) in [7, 11) is 1.81. The Morgan fingerprint density at radius 2 is 2.21 bits per heavy atom. The number of nitrogens with one attached hydrogen (secondary N) is 1. The topological polar surface area (TPSA) is 72.9 Å². The summed E-state index contributed by atoms with van der Waals surface area (Å²) in [5.41, 5.74) is 8.37. The van der Waals surface area contributed by atoms with Crippen LogP contribution < -0.4 is 11.1 Å². The summed E-state index contributed by atoms with van der Waals surface area (Å²) in [6, 6.07) is 9.44. The molecule has 1 aromatic heterocycles. The number of carbonyl (C=O) groups is 1. The summed E-state index contributed by atoms with van der Waals surface area (Å²) in [6.07, 6.45) is 1.10. The second-order valence-corrected chi connectivity index (χ2v) is 4.59. The lowest BCUT2D eigenvalue weighted by Gasteiger charge is -2.05. The monoisotopic (exact) mass is 258 g/mol. The molecule has 0 bridgehead atoms. The van der Waals surface area contributed by atoms with E-state index >= 15 is 0 Å². The zero-order valence-electron chi connectivity index (χ0n) is 11.2. The van der Waals surface area contributed by atoms with Crippen LogP contribution in [0, 0.1) is 6.92 Å². The number of nitrogens with zero attached hydrogens (tertiary/aromatic N) is 2. The van der Waals surface area contributed by atoms with Gasteiger partial charge in [0, 0.05) is 25.2 Å². The largest absolute Gasteiger partial charge is 0.399 e.